The summed E-state index contributed by atoms with van der Waals surface area (Å²) in [6.07, 6.45) is -1.81. The van der Waals surface area contributed by atoms with Gasteiger partial charge >= 0.3 is 5.97 Å². The molecule has 94 valence electrons. The number of nitrogen functional groups attached to an aromatic ring is 1. The highest BCUT2D eigenvalue weighted by atomic mass is 19.3. The number of aromatic nitrogens is 1. The molecule has 0 radical (unpaired) electrons. The highest BCUT2D eigenvalue weighted by molar-refractivity contribution is 5.75. The molecule has 7 heteroatoms. The number of halogens is 2. The molecular formula is C10H12F2N2O3. The Morgan fingerprint density at radius 1 is 1.53 bits per heavy atom. The van der Waals surface area contributed by atoms with Crippen LogP contribution in [0, 0.1) is 0 Å². The molecule has 1 aromatic heterocycles. The Morgan fingerprint density at radius 2 is 2.18 bits per heavy atom. The SMILES string of the molecule is COC(=O)Cc1cnc(OC)c(C(F)F)c1N. The fourth-order valence-corrected chi connectivity index (χ4v) is 1.31. The molecule has 0 aliphatic carbocycles. The maximum Gasteiger partial charge on any atom is 0.310 e. The molecule has 0 saturated carbocycles. The zero-order valence-corrected chi connectivity index (χ0v) is 9.37. The number of anilines is 1. The van der Waals surface area contributed by atoms with Crippen molar-refractivity contribution < 1.29 is 23.0 Å². The molecule has 1 heterocycles. The van der Waals surface area contributed by atoms with Gasteiger partial charge in [0.1, 0.15) is 5.56 Å². The van der Waals surface area contributed by atoms with Gasteiger partial charge in [0.25, 0.3) is 6.43 Å². The number of rotatable bonds is 4. The molecule has 0 atom stereocenters. The quantitative estimate of drug-likeness (QED) is 0.811. The third kappa shape index (κ3) is 2.80. The minimum absolute atomic E-state index is 0.188. The number of nitrogens with two attached hydrogens (primary N) is 1. The molecule has 0 unspecified atom stereocenters. The number of nitrogens with zero attached hydrogens (tertiary/aromatic N) is 1. The minimum Gasteiger partial charge on any atom is -0.481 e. The maximum absolute atomic E-state index is 12.8. The molecule has 1 aromatic rings. The van der Waals surface area contributed by atoms with Crippen LogP contribution in [0.25, 0.3) is 0 Å². The molecule has 0 spiro atoms. The lowest BCUT2D eigenvalue weighted by atomic mass is 10.1. The van der Waals surface area contributed by atoms with Gasteiger partial charge in [-0.05, 0) is 0 Å². The van der Waals surface area contributed by atoms with Gasteiger partial charge in [-0.25, -0.2) is 13.8 Å². The number of ether oxygens (including phenoxy) is 2. The molecule has 0 bridgehead atoms. The van der Waals surface area contributed by atoms with Gasteiger partial charge in [0, 0.05) is 11.8 Å². The van der Waals surface area contributed by atoms with Crippen LogP contribution in [0.5, 0.6) is 5.88 Å². The molecule has 0 amide bonds. The van der Waals surface area contributed by atoms with Gasteiger partial charge in [-0.3, -0.25) is 4.79 Å². The van der Waals surface area contributed by atoms with Crippen molar-refractivity contribution in [1.82, 2.24) is 4.98 Å². The lowest BCUT2D eigenvalue weighted by Crippen LogP contribution is -2.10. The molecule has 0 aromatic carbocycles. The number of methoxy groups -OCH3 is 2. The first-order valence-corrected chi connectivity index (χ1v) is 4.67. The first-order chi connectivity index (χ1) is 8.01. The van der Waals surface area contributed by atoms with Crippen molar-refractivity contribution in [2.45, 2.75) is 12.8 Å². The van der Waals surface area contributed by atoms with Gasteiger partial charge in [0.05, 0.1) is 26.3 Å². The predicted molar refractivity (Wildman–Crippen MR) is 55.9 cm³/mol. The van der Waals surface area contributed by atoms with E-state index in [2.05, 4.69) is 14.5 Å². The lowest BCUT2D eigenvalue weighted by Gasteiger charge is -2.12. The summed E-state index contributed by atoms with van der Waals surface area (Å²) in [5.74, 6) is -0.824. The van der Waals surface area contributed by atoms with Crippen molar-refractivity contribution in [3.05, 3.63) is 17.3 Å². The fourth-order valence-electron chi connectivity index (χ4n) is 1.31. The molecule has 17 heavy (non-hydrogen) atoms. The lowest BCUT2D eigenvalue weighted by molar-refractivity contribution is -0.139. The first kappa shape index (κ1) is 13.1. The fraction of sp³-hybridized carbons (Fsp3) is 0.400. The molecule has 1 rings (SSSR count). The molecule has 0 aliphatic heterocycles. The normalized spacial score (nSPS) is 10.4. The summed E-state index contributed by atoms with van der Waals surface area (Å²) < 4.78 is 34.6. The van der Waals surface area contributed by atoms with Crippen LogP contribution < -0.4 is 10.5 Å². The van der Waals surface area contributed by atoms with Crippen LogP contribution in [0.15, 0.2) is 6.20 Å². The standard InChI is InChI=1S/C10H12F2N2O3/c1-16-6(15)3-5-4-14-10(17-2)7(8(5)13)9(11)12/h4,9H,3H2,1-2H3,(H2,13,14). The number of hydrogen-bond donors (Lipinski definition) is 1. The largest absolute Gasteiger partial charge is 0.481 e. The van der Waals surface area contributed by atoms with Crippen LogP contribution in [0.3, 0.4) is 0 Å². The Hall–Kier alpha value is -1.92. The van der Waals surface area contributed by atoms with Gasteiger partial charge in [-0.15, -0.1) is 0 Å². The van der Waals surface area contributed by atoms with Gasteiger partial charge < -0.3 is 15.2 Å². The molecule has 5 nitrogen and oxygen atoms in total. The highest BCUT2D eigenvalue weighted by Gasteiger charge is 2.22. The summed E-state index contributed by atoms with van der Waals surface area (Å²) in [4.78, 5) is 14.7. The Morgan fingerprint density at radius 3 is 2.65 bits per heavy atom. The number of alkyl halides is 2. The Bertz CT molecular complexity index is 424. The zero-order valence-electron chi connectivity index (χ0n) is 9.37. The van der Waals surface area contributed by atoms with E-state index >= 15 is 0 Å². The summed E-state index contributed by atoms with van der Waals surface area (Å²) >= 11 is 0. The third-order valence-corrected chi connectivity index (χ3v) is 2.18. The van der Waals surface area contributed by atoms with E-state index in [4.69, 9.17) is 5.73 Å². The topological polar surface area (TPSA) is 74.4 Å². The van der Waals surface area contributed by atoms with Crippen LogP contribution >= 0.6 is 0 Å². The number of hydrogen-bond acceptors (Lipinski definition) is 5. The van der Waals surface area contributed by atoms with E-state index in [0.717, 1.165) is 0 Å². The summed E-state index contributed by atoms with van der Waals surface area (Å²) in [5, 5.41) is 0. The Kier molecular flexibility index (Phi) is 4.19. The highest BCUT2D eigenvalue weighted by Crippen LogP contribution is 2.34. The monoisotopic (exact) mass is 246 g/mol. The molecular weight excluding hydrogens is 234 g/mol. The Balaban J connectivity index is 3.18. The number of esters is 1. The van der Waals surface area contributed by atoms with E-state index in [1.54, 1.807) is 0 Å². The van der Waals surface area contributed by atoms with Gasteiger partial charge in [0.15, 0.2) is 0 Å². The Labute approximate surface area is 96.5 Å². The molecule has 0 fully saturated rings. The minimum atomic E-state index is -2.82. The average Bonchev–Trinajstić information content (AvgIpc) is 2.30. The van der Waals surface area contributed by atoms with E-state index in [1.165, 1.54) is 20.4 Å². The summed E-state index contributed by atoms with van der Waals surface area (Å²) in [6, 6.07) is 0. The van der Waals surface area contributed by atoms with Crippen LogP contribution in [-0.4, -0.2) is 25.2 Å². The number of pyridine rings is 1. The van der Waals surface area contributed by atoms with Crippen LogP contribution in [-0.2, 0) is 16.0 Å². The van der Waals surface area contributed by atoms with Gasteiger partial charge in [0.2, 0.25) is 5.88 Å². The maximum atomic E-state index is 12.8. The molecule has 2 N–H and O–H groups in total. The van der Waals surface area contributed by atoms with Crippen molar-refractivity contribution in [1.29, 1.82) is 0 Å². The van der Waals surface area contributed by atoms with Crippen LogP contribution in [0.1, 0.15) is 17.6 Å². The van der Waals surface area contributed by atoms with Gasteiger partial charge in [-0.2, -0.15) is 0 Å². The van der Waals surface area contributed by atoms with Gasteiger partial charge in [-0.1, -0.05) is 0 Å². The van der Waals surface area contributed by atoms with Crippen molar-refractivity contribution in [2.24, 2.45) is 0 Å². The smallest absolute Gasteiger partial charge is 0.310 e. The average molecular weight is 246 g/mol. The predicted octanol–water partition coefficient (Wildman–Crippen LogP) is 1.33. The molecule has 0 aliphatic rings. The zero-order chi connectivity index (χ0) is 13.0. The van der Waals surface area contributed by atoms with Crippen molar-refractivity contribution in [3.8, 4) is 5.88 Å². The van der Waals surface area contributed by atoms with E-state index in [0.29, 0.717) is 0 Å². The summed E-state index contributed by atoms with van der Waals surface area (Å²) in [7, 11) is 2.41. The second kappa shape index (κ2) is 5.42. The summed E-state index contributed by atoms with van der Waals surface area (Å²) in [5.41, 5.74) is 5.04. The summed E-state index contributed by atoms with van der Waals surface area (Å²) in [6.45, 7) is 0. The van der Waals surface area contributed by atoms with Crippen molar-refractivity contribution >= 4 is 11.7 Å². The van der Waals surface area contributed by atoms with E-state index < -0.39 is 18.0 Å². The van der Waals surface area contributed by atoms with Crippen molar-refractivity contribution in [3.63, 3.8) is 0 Å². The second-order valence-corrected chi connectivity index (χ2v) is 3.17. The molecule has 0 saturated heterocycles. The van der Waals surface area contributed by atoms with E-state index in [9.17, 15) is 13.6 Å². The van der Waals surface area contributed by atoms with E-state index in [-0.39, 0.29) is 23.6 Å². The third-order valence-electron chi connectivity index (χ3n) is 2.18. The number of carbonyl (C=O) groups excluding carboxylic acids is 1. The number of carbonyl (C=O) groups is 1. The van der Waals surface area contributed by atoms with E-state index in [1.807, 2.05) is 0 Å². The van der Waals surface area contributed by atoms with Crippen LogP contribution in [0.2, 0.25) is 0 Å². The first-order valence-electron chi connectivity index (χ1n) is 4.67. The van der Waals surface area contributed by atoms with Crippen molar-refractivity contribution in [2.75, 3.05) is 20.0 Å². The van der Waals surface area contributed by atoms with Crippen LogP contribution in [0.4, 0.5) is 14.5 Å². The second-order valence-electron chi connectivity index (χ2n) is 3.17.